The summed E-state index contributed by atoms with van der Waals surface area (Å²) in [6.45, 7) is 0. The molecule has 0 aromatic heterocycles. The number of benzene rings is 1. The number of nitrogens with zero attached hydrogens (tertiary/aromatic N) is 1. The van der Waals surface area contributed by atoms with Gasteiger partial charge in [0.1, 0.15) is 0 Å². The second kappa shape index (κ2) is 8.21. The third-order valence-electron chi connectivity index (χ3n) is 2.57. The first-order valence-corrected chi connectivity index (χ1v) is 6.66. The van der Waals surface area contributed by atoms with Crippen LogP contribution in [0, 0.1) is 10.1 Å². The second-order valence-electron chi connectivity index (χ2n) is 4.05. The van der Waals surface area contributed by atoms with Crippen LogP contribution in [0.25, 0.3) is 0 Å². The van der Waals surface area contributed by atoms with Gasteiger partial charge in [0.25, 0.3) is 0 Å². The fourth-order valence-corrected chi connectivity index (χ4v) is 1.72. The Morgan fingerprint density at radius 1 is 1.33 bits per heavy atom. The Balaban J connectivity index is 2.89. The molecule has 114 valence electrons. The molecule has 0 fully saturated rings. The molecule has 0 unspecified atom stereocenters. The lowest BCUT2D eigenvalue weighted by Crippen LogP contribution is -2.10. The van der Waals surface area contributed by atoms with Crippen LogP contribution >= 0.6 is 11.6 Å². The highest BCUT2D eigenvalue weighted by Crippen LogP contribution is 2.28. The van der Waals surface area contributed by atoms with Crippen LogP contribution < -0.4 is 4.74 Å². The average Bonchev–Trinajstić information content (AvgIpc) is 2.46. The van der Waals surface area contributed by atoms with E-state index in [0.29, 0.717) is 18.7 Å². The molecule has 0 amide bonds. The molecule has 0 spiro atoms. The molecule has 0 aliphatic carbocycles. The molecule has 0 bridgehead atoms. The van der Waals surface area contributed by atoms with Crippen molar-refractivity contribution in [2.75, 3.05) is 13.0 Å². The van der Waals surface area contributed by atoms with E-state index in [0.717, 1.165) is 6.07 Å². The third kappa shape index (κ3) is 5.03. The number of ether oxygens (including phenoxy) is 2. The number of alkyl halides is 1. The van der Waals surface area contributed by atoms with Crippen LogP contribution in [-0.2, 0) is 9.53 Å². The number of hydrogen-bond acceptors (Lipinski definition) is 6. The van der Waals surface area contributed by atoms with Crippen molar-refractivity contribution in [3.8, 4) is 5.75 Å². The van der Waals surface area contributed by atoms with Crippen molar-refractivity contribution in [2.45, 2.75) is 19.3 Å². The van der Waals surface area contributed by atoms with E-state index in [4.69, 9.17) is 16.3 Å². The van der Waals surface area contributed by atoms with Gasteiger partial charge in [0.2, 0.25) is 5.75 Å². The Bertz CT molecular complexity index is 545. The van der Waals surface area contributed by atoms with E-state index in [-0.39, 0.29) is 17.7 Å². The average molecular weight is 316 g/mol. The van der Waals surface area contributed by atoms with Crippen LogP contribution in [0.3, 0.4) is 0 Å². The van der Waals surface area contributed by atoms with Gasteiger partial charge in [0.05, 0.1) is 17.6 Å². The molecule has 0 radical (unpaired) electrons. The topological polar surface area (TPSA) is 95.7 Å². The Labute approximate surface area is 125 Å². The Kier molecular flexibility index (Phi) is 6.61. The minimum absolute atomic E-state index is 0.00568. The highest BCUT2D eigenvalue weighted by atomic mass is 35.5. The molecule has 0 heterocycles. The lowest BCUT2D eigenvalue weighted by Gasteiger charge is -2.06. The van der Waals surface area contributed by atoms with E-state index in [1.54, 1.807) is 0 Å². The van der Waals surface area contributed by atoms with Gasteiger partial charge in [-0.15, -0.1) is 11.6 Å². The molecule has 0 saturated carbocycles. The molecule has 0 atom stereocenters. The SMILES string of the molecule is COC(=O)c1ccc(OC(=O)CCCCCl)c([N+](=O)[O-])c1. The van der Waals surface area contributed by atoms with Gasteiger partial charge in [0, 0.05) is 18.4 Å². The normalized spacial score (nSPS) is 10.0. The predicted octanol–water partition coefficient (Wildman–Crippen LogP) is 2.70. The lowest BCUT2D eigenvalue weighted by molar-refractivity contribution is -0.385. The van der Waals surface area contributed by atoms with E-state index in [9.17, 15) is 19.7 Å². The van der Waals surface area contributed by atoms with Gasteiger partial charge in [-0.1, -0.05) is 0 Å². The van der Waals surface area contributed by atoms with Crippen LogP contribution in [0.4, 0.5) is 5.69 Å². The highest BCUT2D eigenvalue weighted by molar-refractivity contribution is 6.17. The first-order chi connectivity index (χ1) is 9.99. The molecule has 1 rings (SSSR count). The largest absolute Gasteiger partial charge is 0.465 e. The van der Waals surface area contributed by atoms with Crippen molar-refractivity contribution in [3.63, 3.8) is 0 Å². The van der Waals surface area contributed by atoms with Crippen LogP contribution in [0.2, 0.25) is 0 Å². The van der Waals surface area contributed by atoms with Crippen LogP contribution in [0.1, 0.15) is 29.6 Å². The third-order valence-corrected chi connectivity index (χ3v) is 2.83. The van der Waals surface area contributed by atoms with Gasteiger partial charge >= 0.3 is 17.6 Å². The van der Waals surface area contributed by atoms with E-state index in [2.05, 4.69) is 4.74 Å². The van der Waals surface area contributed by atoms with Crippen LogP contribution in [0.15, 0.2) is 18.2 Å². The quantitative estimate of drug-likeness (QED) is 0.192. The monoisotopic (exact) mass is 315 g/mol. The molecule has 0 aliphatic rings. The number of unbranched alkanes of at least 4 members (excludes halogenated alkanes) is 1. The Morgan fingerprint density at radius 2 is 2.05 bits per heavy atom. The fourth-order valence-electron chi connectivity index (χ4n) is 1.53. The number of carbonyl (C=O) groups is 2. The number of methoxy groups -OCH3 is 1. The fraction of sp³-hybridized carbons (Fsp3) is 0.385. The van der Waals surface area contributed by atoms with Gasteiger partial charge in [-0.3, -0.25) is 14.9 Å². The smallest absolute Gasteiger partial charge is 0.338 e. The number of halogens is 1. The zero-order valence-electron chi connectivity index (χ0n) is 11.3. The number of carbonyl (C=O) groups excluding carboxylic acids is 2. The summed E-state index contributed by atoms with van der Waals surface area (Å²) in [7, 11) is 1.17. The summed E-state index contributed by atoms with van der Waals surface area (Å²) in [5.74, 6) is -1.07. The van der Waals surface area contributed by atoms with E-state index in [1.165, 1.54) is 19.2 Å². The maximum absolute atomic E-state index is 11.6. The van der Waals surface area contributed by atoms with Gasteiger partial charge in [-0.05, 0) is 25.0 Å². The van der Waals surface area contributed by atoms with Gasteiger partial charge in [0.15, 0.2) is 0 Å². The summed E-state index contributed by atoms with van der Waals surface area (Å²) >= 11 is 5.49. The van der Waals surface area contributed by atoms with Crippen LogP contribution in [-0.4, -0.2) is 29.9 Å². The van der Waals surface area contributed by atoms with Gasteiger partial charge in [-0.2, -0.15) is 0 Å². The first kappa shape index (κ1) is 16.9. The Hall–Kier alpha value is -2.15. The molecular formula is C13H14ClNO6. The molecule has 21 heavy (non-hydrogen) atoms. The minimum atomic E-state index is -0.728. The van der Waals surface area contributed by atoms with Gasteiger partial charge < -0.3 is 9.47 Å². The summed E-state index contributed by atoms with van der Waals surface area (Å²) in [5, 5.41) is 11.0. The zero-order valence-corrected chi connectivity index (χ0v) is 12.1. The molecule has 8 heteroatoms. The molecule has 7 nitrogen and oxygen atoms in total. The van der Waals surface area contributed by atoms with Crippen molar-refractivity contribution in [1.82, 2.24) is 0 Å². The molecule has 0 aliphatic heterocycles. The number of nitro benzene ring substituents is 1. The minimum Gasteiger partial charge on any atom is -0.465 e. The predicted molar refractivity (Wildman–Crippen MR) is 74.6 cm³/mol. The molecule has 0 saturated heterocycles. The molecular weight excluding hydrogens is 302 g/mol. The Morgan fingerprint density at radius 3 is 2.62 bits per heavy atom. The van der Waals surface area contributed by atoms with Crippen molar-refractivity contribution in [1.29, 1.82) is 0 Å². The van der Waals surface area contributed by atoms with Crippen LogP contribution in [0.5, 0.6) is 5.75 Å². The van der Waals surface area contributed by atoms with Crippen molar-refractivity contribution in [3.05, 3.63) is 33.9 Å². The molecule has 1 aromatic rings. The number of nitro groups is 1. The summed E-state index contributed by atoms with van der Waals surface area (Å²) < 4.78 is 9.42. The van der Waals surface area contributed by atoms with Crippen molar-refractivity contribution in [2.24, 2.45) is 0 Å². The number of hydrogen-bond donors (Lipinski definition) is 0. The zero-order chi connectivity index (χ0) is 15.8. The lowest BCUT2D eigenvalue weighted by atomic mass is 10.2. The maximum atomic E-state index is 11.6. The van der Waals surface area contributed by atoms with Crippen molar-refractivity contribution >= 4 is 29.2 Å². The van der Waals surface area contributed by atoms with E-state index in [1.807, 2.05) is 0 Å². The maximum Gasteiger partial charge on any atom is 0.338 e. The van der Waals surface area contributed by atoms with Gasteiger partial charge in [-0.25, -0.2) is 4.79 Å². The number of esters is 2. The summed E-state index contributed by atoms with van der Waals surface area (Å²) in [5.41, 5.74) is -0.463. The highest BCUT2D eigenvalue weighted by Gasteiger charge is 2.21. The molecule has 0 N–H and O–H groups in total. The first-order valence-electron chi connectivity index (χ1n) is 6.13. The standard InChI is InChI=1S/C13H14ClNO6/c1-20-13(17)9-5-6-11(10(8-9)15(18)19)21-12(16)4-2-3-7-14/h5-6,8H,2-4,7H2,1H3. The van der Waals surface area contributed by atoms with E-state index >= 15 is 0 Å². The summed E-state index contributed by atoms with van der Waals surface area (Å²) in [4.78, 5) is 33.1. The summed E-state index contributed by atoms with van der Waals surface area (Å²) in [6.07, 6.45) is 1.30. The summed E-state index contributed by atoms with van der Waals surface area (Å²) in [6, 6.07) is 3.50. The van der Waals surface area contributed by atoms with E-state index < -0.39 is 22.5 Å². The number of rotatable bonds is 7. The second-order valence-corrected chi connectivity index (χ2v) is 4.43. The molecule has 1 aromatic carbocycles. The van der Waals surface area contributed by atoms with Crippen molar-refractivity contribution < 1.29 is 24.0 Å².